The van der Waals surface area contributed by atoms with E-state index in [0.717, 1.165) is 6.42 Å². The van der Waals surface area contributed by atoms with Gasteiger partial charge >= 0.3 is 8.03 Å². The SMILES string of the molecule is CCOc1nc(N)nc2c1ncn2[C@@H]1O[C@@]2(CO[P+](C)=O)CC[C@@H]1[C@@H]2O. The summed E-state index contributed by atoms with van der Waals surface area (Å²) in [6.45, 7) is 3.84. The van der Waals surface area contributed by atoms with Crippen LogP contribution >= 0.6 is 8.03 Å². The molecule has 2 aromatic heterocycles. The minimum Gasteiger partial charge on any atom is -0.476 e. The zero-order chi connectivity index (χ0) is 18.5. The Morgan fingerprint density at radius 3 is 3.08 bits per heavy atom. The number of aromatic nitrogens is 4. The number of anilines is 1. The molecule has 3 heterocycles. The molecule has 2 bridgehead atoms. The summed E-state index contributed by atoms with van der Waals surface area (Å²) in [6.07, 6.45) is 1.81. The van der Waals surface area contributed by atoms with E-state index in [1.54, 1.807) is 10.9 Å². The quantitative estimate of drug-likeness (QED) is 0.707. The molecule has 1 unspecified atom stereocenters. The number of aliphatic hydroxyl groups is 1. The van der Waals surface area contributed by atoms with E-state index in [2.05, 4.69) is 15.0 Å². The highest BCUT2D eigenvalue weighted by atomic mass is 31.1. The highest BCUT2D eigenvalue weighted by Gasteiger charge is 2.61. The third-order valence-corrected chi connectivity index (χ3v) is 5.51. The maximum absolute atomic E-state index is 11.3. The minimum absolute atomic E-state index is 0.0763. The van der Waals surface area contributed by atoms with Crippen LogP contribution in [0.5, 0.6) is 5.88 Å². The van der Waals surface area contributed by atoms with Crippen molar-refractivity contribution in [3.8, 4) is 5.88 Å². The Labute approximate surface area is 150 Å². The first-order chi connectivity index (χ1) is 12.4. The van der Waals surface area contributed by atoms with Crippen LogP contribution in [0.15, 0.2) is 6.33 Å². The molecule has 1 saturated carbocycles. The summed E-state index contributed by atoms with van der Waals surface area (Å²) in [4.78, 5) is 12.7. The van der Waals surface area contributed by atoms with Gasteiger partial charge in [0.1, 0.15) is 18.4 Å². The summed E-state index contributed by atoms with van der Waals surface area (Å²) in [5, 5.41) is 10.7. The number of nitrogen functional groups attached to an aromatic ring is 1. The average Bonchev–Trinajstić information content (AvgIpc) is 3.23. The van der Waals surface area contributed by atoms with Crippen molar-refractivity contribution in [1.29, 1.82) is 0 Å². The second-order valence-corrected chi connectivity index (χ2v) is 7.72. The number of hydrogen-bond acceptors (Lipinski definition) is 9. The van der Waals surface area contributed by atoms with Gasteiger partial charge in [-0.3, -0.25) is 4.57 Å². The number of ether oxygens (including phenoxy) is 2. The molecule has 10 nitrogen and oxygen atoms in total. The fraction of sp³-hybridized carbons (Fsp3) is 0.667. The number of imidazole rings is 1. The van der Waals surface area contributed by atoms with E-state index in [9.17, 15) is 9.67 Å². The van der Waals surface area contributed by atoms with E-state index in [4.69, 9.17) is 19.7 Å². The van der Waals surface area contributed by atoms with Crippen LogP contribution in [0.2, 0.25) is 0 Å². The van der Waals surface area contributed by atoms with Gasteiger partial charge in [-0.1, -0.05) is 0 Å². The predicted molar refractivity (Wildman–Crippen MR) is 92.0 cm³/mol. The van der Waals surface area contributed by atoms with Crippen LogP contribution in [-0.2, 0) is 13.8 Å². The van der Waals surface area contributed by atoms with Gasteiger partial charge in [-0.2, -0.15) is 9.97 Å². The van der Waals surface area contributed by atoms with Crippen LogP contribution < -0.4 is 10.5 Å². The number of hydrogen-bond donors (Lipinski definition) is 2. The Balaban J connectivity index is 1.70. The Morgan fingerprint density at radius 1 is 1.54 bits per heavy atom. The lowest BCUT2D eigenvalue weighted by Gasteiger charge is -2.29. The Hall–Kier alpha value is -1.87. The smallest absolute Gasteiger partial charge is 0.476 e. The normalized spacial score (nSPS) is 30.9. The first-order valence-corrected chi connectivity index (χ1v) is 10.1. The Bertz CT molecular complexity index is 860. The molecule has 3 N–H and O–H groups in total. The van der Waals surface area contributed by atoms with Crippen LogP contribution in [-0.4, -0.2) is 56.2 Å². The summed E-state index contributed by atoms with van der Waals surface area (Å²) in [7, 11) is -1.77. The van der Waals surface area contributed by atoms with Gasteiger partial charge in [-0.25, -0.2) is 4.98 Å². The van der Waals surface area contributed by atoms with Crippen LogP contribution in [0.3, 0.4) is 0 Å². The fourth-order valence-corrected chi connectivity index (χ4v) is 4.25. The summed E-state index contributed by atoms with van der Waals surface area (Å²) in [6, 6.07) is 0. The molecule has 1 saturated heterocycles. The average molecular weight is 382 g/mol. The van der Waals surface area contributed by atoms with E-state index in [0.29, 0.717) is 30.1 Å². The van der Waals surface area contributed by atoms with E-state index in [1.807, 2.05) is 6.92 Å². The first-order valence-electron chi connectivity index (χ1n) is 8.47. The lowest BCUT2D eigenvalue weighted by Crippen LogP contribution is -2.41. The summed E-state index contributed by atoms with van der Waals surface area (Å²) in [5.74, 6) is 0.253. The lowest BCUT2D eigenvalue weighted by molar-refractivity contribution is -0.133. The standard InChI is InChI=1S/C15H21N5O5P/c1-3-23-12-9-11(18-14(16)19-12)20(7-17-9)13-8-4-5-15(25-13,10(8)21)6-24-26(2)22/h7-8,10,13,21H,3-6H2,1-2H3,(H2,16,18,19)/q+1/t8-,10+,13-,15-/m1/s1. The molecule has 0 radical (unpaired) electrons. The van der Waals surface area contributed by atoms with Gasteiger partial charge in [0.15, 0.2) is 17.8 Å². The molecule has 4 rings (SSSR count). The van der Waals surface area contributed by atoms with Gasteiger partial charge in [-0.15, -0.1) is 4.52 Å². The van der Waals surface area contributed by atoms with E-state index >= 15 is 0 Å². The molecule has 0 spiro atoms. The maximum Gasteiger partial charge on any atom is 0.504 e. The highest BCUT2D eigenvalue weighted by molar-refractivity contribution is 7.38. The van der Waals surface area contributed by atoms with Crippen LogP contribution in [0.4, 0.5) is 5.95 Å². The van der Waals surface area contributed by atoms with Gasteiger partial charge in [0, 0.05) is 5.92 Å². The zero-order valence-electron chi connectivity index (χ0n) is 14.5. The molecule has 1 aliphatic heterocycles. The molecule has 11 heteroatoms. The second kappa shape index (κ2) is 6.38. The number of nitrogens with zero attached hydrogens (tertiary/aromatic N) is 4. The van der Waals surface area contributed by atoms with Gasteiger partial charge in [0.05, 0.1) is 19.0 Å². The lowest BCUT2D eigenvalue weighted by atomic mass is 10.0. The monoisotopic (exact) mass is 382 g/mol. The van der Waals surface area contributed by atoms with Crippen molar-refractivity contribution in [3.05, 3.63) is 6.33 Å². The van der Waals surface area contributed by atoms with Crippen molar-refractivity contribution < 1.29 is 23.7 Å². The molecule has 26 heavy (non-hydrogen) atoms. The molecule has 2 aromatic rings. The van der Waals surface area contributed by atoms with Gasteiger partial charge in [0.2, 0.25) is 11.8 Å². The van der Waals surface area contributed by atoms with Crippen LogP contribution in [0, 0.1) is 5.92 Å². The molecular weight excluding hydrogens is 361 g/mol. The van der Waals surface area contributed by atoms with Crippen molar-refractivity contribution in [1.82, 2.24) is 19.5 Å². The third-order valence-electron chi connectivity index (χ3n) is 5.02. The fourth-order valence-electron chi connectivity index (χ4n) is 3.85. The predicted octanol–water partition coefficient (Wildman–Crippen LogP) is 1.23. The maximum atomic E-state index is 11.3. The van der Waals surface area contributed by atoms with Crippen molar-refractivity contribution >= 4 is 25.1 Å². The van der Waals surface area contributed by atoms with E-state index in [-0.39, 0.29) is 18.5 Å². The first kappa shape index (κ1) is 17.5. The number of nitrogens with two attached hydrogens (primary N) is 1. The van der Waals surface area contributed by atoms with Gasteiger partial charge in [-0.05, 0) is 24.3 Å². The van der Waals surface area contributed by atoms with Crippen molar-refractivity contribution in [3.63, 3.8) is 0 Å². The number of rotatable bonds is 6. The largest absolute Gasteiger partial charge is 0.504 e. The molecule has 2 aliphatic rings. The number of fused-ring (bicyclic) bond motifs is 3. The molecule has 2 fully saturated rings. The minimum atomic E-state index is -1.77. The van der Waals surface area contributed by atoms with Crippen molar-refractivity contribution in [2.45, 2.75) is 37.7 Å². The highest BCUT2D eigenvalue weighted by Crippen LogP contribution is 2.53. The van der Waals surface area contributed by atoms with Gasteiger partial charge < -0.3 is 20.3 Å². The molecule has 5 atom stereocenters. The van der Waals surface area contributed by atoms with Crippen LogP contribution in [0.25, 0.3) is 11.2 Å². The van der Waals surface area contributed by atoms with Crippen molar-refractivity contribution in [2.75, 3.05) is 25.6 Å². The number of aliphatic hydroxyl groups excluding tert-OH is 1. The molecular formula is C15H21N5O5P+. The molecule has 0 amide bonds. The summed E-state index contributed by atoms with van der Waals surface area (Å²) < 4.78 is 30.0. The Kier molecular flexibility index (Phi) is 4.31. The van der Waals surface area contributed by atoms with Crippen LogP contribution in [0.1, 0.15) is 26.0 Å². The van der Waals surface area contributed by atoms with Gasteiger partial charge in [0.25, 0.3) is 0 Å². The summed E-state index contributed by atoms with van der Waals surface area (Å²) in [5.41, 5.74) is 5.92. The Morgan fingerprint density at radius 2 is 2.35 bits per heavy atom. The van der Waals surface area contributed by atoms with E-state index < -0.39 is 26.0 Å². The summed E-state index contributed by atoms with van der Waals surface area (Å²) >= 11 is 0. The van der Waals surface area contributed by atoms with Crippen molar-refractivity contribution in [2.24, 2.45) is 5.92 Å². The zero-order valence-corrected chi connectivity index (χ0v) is 15.4. The van der Waals surface area contributed by atoms with E-state index in [1.165, 1.54) is 6.66 Å². The third kappa shape index (κ3) is 2.64. The molecule has 140 valence electrons. The molecule has 1 aliphatic carbocycles. The second-order valence-electron chi connectivity index (χ2n) is 6.58. The topological polar surface area (TPSA) is 135 Å². The molecule has 0 aromatic carbocycles.